The number of oxime groups is 1. The highest BCUT2D eigenvalue weighted by Gasteiger charge is 2.50. The Labute approximate surface area is 378 Å². The molecule has 0 radical (unpaired) electrons. The molecule has 4 rings (SSSR count). The van der Waals surface area contributed by atoms with Crippen molar-refractivity contribution in [3.8, 4) is 5.75 Å². The first-order valence-corrected chi connectivity index (χ1v) is 22.4. The average molecular weight is 892 g/mol. The minimum absolute atomic E-state index is 0.0172. The molecule has 16 nitrogen and oxygen atoms in total. The van der Waals surface area contributed by atoms with Crippen LogP contribution < -0.4 is 26.0 Å². The summed E-state index contributed by atoms with van der Waals surface area (Å²) in [6.07, 6.45) is 2.88. The lowest BCUT2D eigenvalue weighted by Gasteiger charge is -2.41. The van der Waals surface area contributed by atoms with E-state index in [-0.39, 0.29) is 42.9 Å². The molecule has 2 aliphatic heterocycles. The van der Waals surface area contributed by atoms with Crippen LogP contribution in [0.25, 0.3) is 0 Å². The smallest absolute Gasteiger partial charge is 0.316 e. The zero-order chi connectivity index (χ0) is 47.2. The number of carbonyl (C=O) groups excluding carboxylic acids is 6. The standard InChI is InChI=1S/C48H70N6O10/c1-31(2)24-38(42(56)48(9)30-63-48)52-43(57)33(5)50-45(59)39(25-32(3)4)53-44(58)37(18-16-34-14-12-11-13-15-34)51-41(55)29-54(20-22-62-23-21-54)28-35-17-19-40(36(26-35)27-49-61-10)64-46(60)47(6,7)8/h11-15,17,19,26-27,31-33,37-39H,16,18,20-25,28-30H2,1-10H3,(H3-,50,51,52,53,55,57,58,59)/p+1/b49-27+/t33-,37-,38-,39-,48+/m0/s1. The van der Waals surface area contributed by atoms with Crippen LogP contribution in [0.15, 0.2) is 53.7 Å². The molecule has 64 heavy (non-hydrogen) atoms. The van der Waals surface area contributed by atoms with Crippen molar-refractivity contribution in [2.45, 2.75) is 124 Å². The number of quaternary nitrogens is 1. The quantitative estimate of drug-likeness (QED) is 0.0316. The molecule has 0 aliphatic carbocycles. The molecule has 2 aromatic carbocycles. The third-order valence-corrected chi connectivity index (χ3v) is 11.4. The van der Waals surface area contributed by atoms with Crippen molar-refractivity contribution in [1.82, 2.24) is 21.3 Å². The molecule has 2 heterocycles. The molecule has 0 bridgehead atoms. The number of ether oxygens (including phenoxy) is 3. The van der Waals surface area contributed by atoms with Crippen molar-refractivity contribution in [3.63, 3.8) is 0 Å². The fourth-order valence-corrected chi connectivity index (χ4v) is 7.48. The van der Waals surface area contributed by atoms with Gasteiger partial charge in [0.2, 0.25) is 17.7 Å². The van der Waals surface area contributed by atoms with E-state index in [1.54, 1.807) is 33.8 Å². The van der Waals surface area contributed by atoms with E-state index >= 15 is 0 Å². The fourth-order valence-electron chi connectivity index (χ4n) is 7.48. The summed E-state index contributed by atoms with van der Waals surface area (Å²) in [6.45, 7) is 19.0. The summed E-state index contributed by atoms with van der Waals surface area (Å²) in [7, 11) is 1.42. The molecule has 2 aliphatic rings. The lowest BCUT2D eigenvalue weighted by molar-refractivity contribution is -0.940. The Morgan fingerprint density at radius 1 is 0.812 bits per heavy atom. The van der Waals surface area contributed by atoms with Gasteiger partial charge in [-0.2, -0.15) is 0 Å². The summed E-state index contributed by atoms with van der Waals surface area (Å²) >= 11 is 0. The number of nitrogens with one attached hydrogen (secondary N) is 4. The number of carbonyl (C=O) groups is 6. The first-order chi connectivity index (χ1) is 30.1. The van der Waals surface area contributed by atoms with Gasteiger partial charge in [0.05, 0.1) is 37.5 Å². The third-order valence-electron chi connectivity index (χ3n) is 11.4. The van der Waals surface area contributed by atoms with Crippen LogP contribution in [0.3, 0.4) is 0 Å². The van der Waals surface area contributed by atoms with Crippen molar-refractivity contribution in [1.29, 1.82) is 0 Å². The van der Waals surface area contributed by atoms with Gasteiger partial charge in [-0.15, -0.1) is 0 Å². The number of hydrogen-bond donors (Lipinski definition) is 4. The van der Waals surface area contributed by atoms with Gasteiger partial charge in [0.15, 0.2) is 12.3 Å². The van der Waals surface area contributed by atoms with Gasteiger partial charge in [-0.1, -0.05) is 63.2 Å². The number of hydrogen-bond acceptors (Lipinski definition) is 11. The van der Waals surface area contributed by atoms with Crippen molar-refractivity contribution in [2.24, 2.45) is 22.4 Å². The molecule has 4 amide bonds. The Morgan fingerprint density at radius 3 is 2.02 bits per heavy atom. The van der Waals surface area contributed by atoms with Crippen LogP contribution in [0.4, 0.5) is 0 Å². The fraction of sp³-hybridized carbons (Fsp3) is 0.604. The minimum Gasteiger partial charge on any atom is -0.425 e. The molecule has 2 fully saturated rings. The number of nitrogens with zero attached hydrogens (tertiary/aromatic N) is 2. The molecule has 352 valence electrons. The van der Waals surface area contributed by atoms with Crippen molar-refractivity contribution >= 4 is 41.6 Å². The van der Waals surface area contributed by atoms with Gasteiger partial charge in [0, 0.05) is 11.1 Å². The van der Waals surface area contributed by atoms with Gasteiger partial charge in [-0.3, -0.25) is 28.8 Å². The van der Waals surface area contributed by atoms with E-state index in [1.165, 1.54) is 20.2 Å². The van der Waals surface area contributed by atoms with E-state index in [4.69, 9.17) is 19.0 Å². The summed E-state index contributed by atoms with van der Waals surface area (Å²) in [5.41, 5.74) is 0.709. The van der Waals surface area contributed by atoms with Gasteiger partial charge >= 0.3 is 5.97 Å². The maximum absolute atomic E-state index is 14.3. The molecule has 16 heteroatoms. The molecule has 2 saturated heterocycles. The van der Waals surface area contributed by atoms with Crippen LogP contribution in [-0.2, 0) is 56.0 Å². The first-order valence-electron chi connectivity index (χ1n) is 22.4. The second kappa shape index (κ2) is 23.1. The van der Waals surface area contributed by atoms with Gasteiger partial charge in [-0.05, 0) is 95.9 Å². The number of ketones is 1. The van der Waals surface area contributed by atoms with E-state index in [2.05, 4.69) is 26.4 Å². The van der Waals surface area contributed by atoms with Gasteiger partial charge in [0.25, 0.3) is 5.91 Å². The van der Waals surface area contributed by atoms with E-state index in [0.29, 0.717) is 68.1 Å². The second-order valence-corrected chi connectivity index (χ2v) is 19.3. The number of esters is 1. The number of aryl methyl sites for hydroxylation is 1. The number of benzene rings is 2. The summed E-state index contributed by atoms with van der Waals surface area (Å²) < 4.78 is 17.1. The van der Waals surface area contributed by atoms with Gasteiger partial charge in [0.1, 0.15) is 56.2 Å². The average Bonchev–Trinajstić information content (AvgIpc) is 3.99. The largest absolute Gasteiger partial charge is 0.425 e. The topological polar surface area (TPSA) is 203 Å². The predicted molar refractivity (Wildman–Crippen MR) is 242 cm³/mol. The number of Topliss-reactive ketones (excluding diaryl/α,β-unsaturated/α-hetero) is 1. The van der Waals surface area contributed by atoms with Crippen LogP contribution >= 0.6 is 0 Å². The van der Waals surface area contributed by atoms with E-state index < -0.39 is 58.9 Å². The molecule has 0 aromatic heterocycles. The number of rotatable bonds is 23. The summed E-state index contributed by atoms with van der Waals surface area (Å²) in [4.78, 5) is 86.6. The molecule has 5 atom stereocenters. The molecule has 0 spiro atoms. The Kier molecular flexibility index (Phi) is 18.6. The van der Waals surface area contributed by atoms with Crippen molar-refractivity contribution in [2.75, 3.05) is 46.6 Å². The first kappa shape index (κ1) is 51.4. The summed E-state index contributed by atoms with van der Waals surface area (Å²) in [5, 5.41) is 15.4. The van der Waals surface area contributed by atoms with Crippen LogP contribution in [0.1, 0.15) is 98.3 Å². The zero-order valence-corrected chi connectivity index (χ0v) is 39.4. The minimum atomic E-state index is -1.02. The van der Waals surface area contributed by atoms with Crippen LogP contribution in [0, 0.1) is 17.3 Å². The lowest BCUT2D eigenvalue weighted by atomic mass is 9.93. The molecular weight excluding hydrogens is 821 g/mol. The van der Waals surface area contributed by atoms with Crippen LogP contribution in [0.5, 0.6) is 5.75 Å². The lowest BCUT2D eigenvalue weighted by Crippen LogP contribution is -2.61. The number of morpholine rings is 1. The maximum Gasteiger partial charge on any atom is 0.316 e. The predicted octanol–water partition coefficient (Wildman–Crippen LogP) is 4.01. The Morgan fingerprint density at radius 2 is 1.42 bits per heavy atom. The zero-order valence-electron chi connectivity index (χ0n) is 39.4. The molecule has 0 unspecified atom stereocenters. The monoisotopic (exact) mass is 892 g/mol. The SMILES string of the molecule is CO/N=C/c1cc(C[N+]2(CC(=O)N[C@@H](CCc3ccccc3)C(=O)N[C@@H](CC(C)C)C(=O)N[C@@H](C)C(=O)N[C@@H](CC(C)C)C(=O)[C@@]3(C)CO3)CCOCC2)ccc1OC(=O)C(C)(C)C. The van der Waals surface area contributed by atoms with Crippen molar-refractivity contribution in [3.05, 3.63) is 65.2 Å². The van der Waals surface area contributed by atoms with Gasteiger partial charge in [-0.25, -0.2) is 0 Å². The molecular formula is C48H71N6O10+. The van der Waals surface area contributed by atoms with Crippen molar-refractivity contribution < 1.29 is 52.3 Å². The summed E-state index contributed by atoms with van der Waals surface area (Å²) in [5.74, 6) is -2.16. The molecule has 0 saturated carbocycles. The highest BCUT2D eigenvalue weighted by atomic mass is 16.6. The Bertz CT molecular complexity index is 1950. The molecule has 2 aromatic rings. The van der Waals surface area contributed by atoms with Gasteiger partial charge < -0.3 is 44.8 Å². The third kappa shape index (κ3) is 15.8. The number of epoxide rings is 1. The van der Waals surface area contributed by atoms with Crippen LogP contribution in [0.2, 0.25) is 0 Å². The summed E-state index contributed by atoms with van der Waals surface area (Å²) in [6, 6.07) is 11.2. The highest BCUT2D eigenvalue weighted by molar-refractivity contribution is 5.98. The normalized spacial score (nSPS) is 18.9. The highest BCUT2D eigenvalue weighted by Crippen LogP contribution is 2.30. The Hall–Kier alpha value is -5.19. The van der Waals surface area contributed by atoms with E-state index in [1.807, 2.05) is 70.2 Å². The van der Waals surface area contributed by atoms with E-state index in [9.17, 15) is 28.8 Å². The second-order valence-electron chi connectivity index (χ2n) is 19.3. The molecule has 4 N–H and O–H groups in total. The number of amides is 4. The Balaban J connectivity index is 1.52. The van der Waals surface area contributed by atoms with Crippen LogP contribution in [-0.4, -0.2) is 122 Å². The maximum atomic E-state index is 14.3. The van der Waals surface area contributed by atoms with E-state index in [0.717, 1.165) is 11.1 Å².